The lowest BCUT2D eigenvalue weighted by molar-refractivity contribution is -0.143. The number of rotatable bonds is 8. The molecule has 0 radical (unpaired) electrons. The van der Waals surface area contributed by atoms with E-state index in [1.165, 1.54) is 17.0 Å². The number of hydrogen-bond donors (Lipinski definition) is 0. The molecule has 122 valence electrons. The minimum atomic E-state index is -0.543. The molecule has 1 amide bonds. The highest BCUT2D eigenvalue weighted by Crippen LogP contribution is 2.12. The lowest BCUT2D eigenvalue weighted by Crippen LogP contribution is -2.35. The van der Waals surface area contributed by atoms with Crippen LogP contribution in [0.4, 0.5) is 4.39 Å². The van der Waals surface area contributed by atoms with Crippen molar-refractivity contribution in [3.05, 3.63) is 35.6 Å². The molecule has 0 aromatic heterocycles. The molecule has 0 bridgehead atoms. The van der Waals surface area contributed by atoms with Crippen molar-refractivity contribution < 1.29 is 18.7 Å². The molecule has 0 fully saturated rings. The zero-order valence-corrected chi connectivity index (χ0v) is 13.5. The Kier molecular flexibility index (Phi) is 7.57. The molecular formula is C17H24FNO3. The van der Waals surface area contributed by atoms with Gasteiger partial charge in [0.2, 0.25) is 0 Å². The number of carbonyl (C=O) groups is 2. The molecule has 5 heteroatoms. The number of ether oxygens (including phenoxy) is 1. The summed E-state index contributed by atoms with van der Waals surface area (Å²) < 4.78 is 18.7. The van der Waals surface area contributed by atoms with Crippen molar-refractivity contribution >= 4 is 11.9 Å². The lowest BCUT2D eigenvalue weighted by atomic mass is 10.1. The fourth-order valence-electron chi connectivity index (χ4n) is 1.99. The maximum atomic E-state index is 13.8. The molecule has 0 unspecified atom stereocenters. The van der Waals surface area contributed by atoms with Crippen LogP contribution in [0.5, 0.6) is 0 Å². The van der Waals surface area contributed by atoms with E-state index < -0.39 is 5.82 Å². The Bertz CT molecular complexity index is 502. The van der Waals surface area contributed by atoms with Crippen LogP contribution in [-0.2, 0) is 9.53 Å². The molecule has 0 spiro atoms. The van der Waals surface area contributed by atoms with Gasteiger partial charge in [0.25, 0.3) is 5.91 Å². The molecule has 0 saturated carbocycles. The molecule has 0 aliphatic heterocycles. The van der Waals surface area contributed by atoms with Crippen molar-refractivity contribution in [1.29, 1.82) is 0 Å². The summed E-state index contributed by atoms with van der Waals surface area (Å²) in [5, 5.41) is 0. The van der Waals surface area contributed by atoms with E-state index in [1.54, 1.807) is 19.1 Å². The van der Waals surface area contributed by atoms with Crippen LogP contribution >= 0.6 is 0 Å². The van der Waals surface area contributed by atoms with Crippen molar-refractivity contribution in [2.45, 2.75) is 33.6 Å². The Morgan fingerprint density at radius 3 is 2.50 bits per heavy atom. The van der Waals surface area contributed by atoms with Crippen LogP contribution in [0.2, 0.25) is 0 Å². The van der Waals surface area contributed by atoms with Gasteiger partial charge in [-0.2, -0.15) is 0 Å². The van der Waals surface area contributed by atoms with Crippen LogP contribution in [0.25, 0.3) is 0 Å². The molecular weight excluding hydrogens is 285 g/mol. The summed E-state index contributed by atoms with van der Waals surface area (Å²) in [7, 11) is 0. The number of halogens is 1. The Hall–Kier alpha value is -1.91. The van der Waals surface area contributed by atoms with Crippen molar-refractivity contribution in [2.75, 3.05) is 19.7 Å². The monoisotopic (exact) mass is 309 g/mol. The van der Waals surface area contributed by atoms with Crippen LogP contribution in [0.3, 0.4) is 0 Å². The molecule has 0 heterocycles. The Labute approximate surface area is 131 Å². The number of nitrogens with zero attached hydrogens (tertiary/aromatic N) is 1. The Balaban J connectivity index is 2.78. The molecule has 0 atom stereocenters. The maximum absolute atomic E-state index is 13.8. The molecule has 0 aliphatic rings. The van der Waals surface area contributed by atoms with Crippen LogP contribution in [0, 0.1) is 11.7 Å². The van der Waals surface area contributed by atoms with Crippen molar-refractivity contribution in [1.82, 2.24) is 4.90 Å². The second kappa shape index (κ2) is 9.18. The second-order valence-corrected chi connectivity index (χ2v) is 5.51. The predicted octanol–water partition coefficient (Wildman–Crippen LogP) is 3.27. The van der Waals surface area contributed by atoms with E-state index in [9.17, 15) is 14.0 Å². The normalized spacial score (nSPS) is 10.6. The van der Waals surface area contributed by atoms with Gasteiger partial charge in [-0.05, 0) is 31.4 Å². The molecule has 0 saturated heterocycles. The van der Waals surface area contributed by atoms with Gasteiger partial charge in [-0.3, -0.25) is 9.59 Å². The third kappa shape index (κ3) is 5.84. The molecule has 1 aromatic carbocycles. The lowest BCUT2D eigenvalue weighted by Gasteiger charge is -2.23. The van der Waals surface area contributed by atoms with E-state index in [0.717, 1.165) is 6.42 Å². The molecule has 0 N–H and O–H groups in total. The van der Waals surface area contributed by atoms with Crippen molar-refractivity contribution in [2.24, 2.45) is 5.92 Å². The summed E-state index contributed by atoms with van der Waals surface area (Å²) in [4.78, 5) is 25.5. The van der Waals surface area contributed by atoms with Crippen LogP contribution in [0.15, 0.2) is 24.3 Å². The van der Waals surface area contributed by atoms with Crippen molar-refractivity contribution in [3.8, 4) is 0 Å². The highest BCUT2D eigenvalue weighted by Gasteiger charge is 2.20. The molecule has 1 rings (SSSR count). The first-order chi connectivity index (χ1) is 10.5. The van der Waals surface area contributed by atoms with E-state index in [1.807, 2.05) is 0 Å². The number of carbonyl (C=O) groups excluding carboxylic acids is 2. The summed E-state index contributed by atoms with van der Waals surface area (Å²) in [5.41, 5.74) is 0.0371. The number of amides is 1. The van der Waals surface area contributed by atoms with E-state index in [4.69, 9.17) is 4.74 Å². The van der Waals surface area contributed by atoms with Gasteiger partial charge in [-0.25, -0.2) is 4.39 Å². The van der Waals surface area contributed by atoms with Crippen molar-refractivity contribution in [3.63, 3.8) is 0 Å². The first-order valence-electron chi connectivity index (χ1n) is 7.65. The maximum Gasteiger partial charge on any atom is 0.307 e. The smallest absolute Gasteiger partial charge is 0.307 e. The van der Waals surface area contributed by atoms with Gasteiger partial charge < -0.3 is 9.64 Å². The van der Waals surface area contributed by atoms with E-state index in [2.05, 4.69) is 13.8 Å². The van der Waals surface area contributed by atoms with Crippen LogP contribution < -0.4 is 0 Å². The number of hydrogen-bond acceptors (Lipinski definition) is 3. The summed E-state index contributed by atoms with van der Waals surface area (Å²) >= 11 is 0. The van der Waals surface area contributed by atoms with Gasteiger partial charge in [-0.1, -0.05) is 26.0 Å². The summed E-state index contributed by atoms with van der Waals surface area (Å²) in [5.74, 6) is -0.863. The largest absolute Gasteiger partial charge is 0.466 e. The third-order valence-electron chi connectivity index (χ3n) is 3.26. The highest BCUT2D eigenvalue weighted by molar-refractivity contribution is 5.94. The van der Waals surface area contributed by atoms with Gasteiger partial charge in [-0.15, -0.1) is 0 Å². The third-order valence-corrected chi connectivity index (χ3v) is 3.26. The summed E-state index contributed by atoms with van der Waals surface area (Å²) in [6.45, 7) is 6.88. The second-order valence-electron chi connectivity index (χ2n) is 5.51. The summed E-state index contributed by atoms with van der Waals surface area (Å²) in [6, 6.07) is 5.90. The quantitative estimate of drug-likeness (QED) is 0.692. The SMILES string of the molecule is CCOC(=O)CCN(CCC(C)C)C(=O)c1ccccc1F. The number of esters is 1. The van der Waals surface area contributed by atoms with E-state index in [0.29, 0.717) is 19.1 Å². The van der Waals surface area contributed by atoms with E-state index >= 15 is 0 Å². The first-order valence-corrected chi connectivity index (χ1v) is 7.65. The van der Waals surface area contributed by atoms with E-state index in [-0.39, 0.29) is 30.4 Å². The Morgan fingerprint density at radius 1 is 1.23 bits per heavy atom. The average molecular weight is 309 g/mol. The van der Waals surface area contributed by atoms with Gasteiger partial charge >= 0.3 is 5.97 Å². The standard InChI is InChI=1S/C17H24FNO3/c1-4-22-16(20)10-12-19(11-9-13(2)3)17(21)14-7-5-6-8-15(14)18/h5-8,13H,4,9-12H2,1-3H3. The highest BCUT2D eigenvalue weighted by atomic mass is 19.1. The van der Waals surface area contributed by atoms with Crippen LogP contribution in [-0.4, -0.2) is 36.5 Å². The summed E-state index contributed by atoms with van der Waals surface area (Å²) in [6.07, 6.45) is 0.912. The minimum Gasteiger partial charge on any atom is -0.466 e. The zero-order valence-electron chi connectivity index (χ0n) is 13.5. The van der Waals surface area contributed by atoms with Gasteiger partial charge in [0.1, 0.15) is 5.82 Å². The average Bonchev–Trinajstić information content (AvgIpc) is 2.47. The minimum absolute atomic E-state index is 0.0371. The van der Waals surface area contributed by atoms with Crippen LogP contribution in [0.1, 0.15) is 44.0 Å². The zero-order chi connectivity index (χ0) is 16.5. The molecule has 4 nitrogen and oxygen atoms in total. The van der Waals surface area contributed by atoms with Gasteiger partial charge in [0.15, 0.2) is 0 Å². The molecule has 1 aromatic rings. The molecule has 22 heavy (non-hydrogen) atoms. The number of benzene rings is 1. The fourth-order valence-corrected chi connectivity index (χ4v) is 1.99. The molecule has 0 aliphatic carbocycles. The fraction of sp³-hybridized carbons (Fsp3) is 0.529. The predicted molar refractivity (Wildman–Crippen MR) is 83.0 cm³/mol. The van der Waals surface area contributed by atoms with Gasteiger partial charge in [0.05, 0.1) is 18.6 Å². The Morgan fingerprint density at radius 2 is 1.91 bits per heavy atom. The first kappa shape index (κ1) is 18.1. The topological polar surface area (TPSA) is 46.6 Å². The van der Waals surface area contributed by atoms with Gasteiger partial charge in [0, 0.05) is 13.1 Å².